The van der Waals surface area contributed by atoms with Crippen molar-refractivity contribution in [3.63, 3.8) is 0 Å². The van der Waals surface area contributed by atoms with E-state index in [9.17, 15) is 8.78 Å². The fraction of sp³-hybridized carbons (Fsp3) is 0.158. The van der Waals surface area contributed by atoms with Gasteiger partial charge in [-0.1, -0.05) is 37.3 Å². The van der Waals surface area contributed by atoms with Crippen LogP contribution >= 0.6 is 11.3 Å². The van der Waals surface area contributed by atoms with Crippen molar-refractivity contribution in [2.24, 2.45) is 0 Å². The van der Waals surface area contributed by atoms with Gasteiger partial charge in [-0.3, -0.25) is 0 Å². The summed E-state index contributed by atoms with van der Waals surface area (Å²) >= 11 is 1.64. The van der Waals surface area contributed by atoms with Gasteiger partial charge in [0.1, 0.15) is 0 Å². The minimum absolute atomic E-state index is 0.0386. The largest absolute Gasteiger partial charge is 0.490 e. The number of benzene rings is 2. The van der Waals surface area contributed by atoms with Crippen molar-refractivity contribution in [1.29, 1.82) is 0 Å². The Balaban J connectivity index is 1.91. The van der Waals surface area contributed by atoms with Crippen LogP contribution in [-0.4, -0.2) is 6.61 Å². The van der Waals surface area contributed by atoms with Crippen LogP contribution in [0.4, 0.5) is 8.78 Å². The van der Waals surface area contributed by atoms with E-state index >= 15 is 0 Å². The van der Waals surface area contributed by atoms with Gasteiger partial charge >= 0.3 is 0 Å². The van der Waals surface area contributed by atoms with E-state index in [0.29, 0.717) is 12.2 Å². The summed E-state index contributed by atoms with van der Waals surface area (Å²) in [5, 5.41) is 2.01. The van der Waals surface area contributed by atoms with E-state index in [2.05, 4.69) is 0 Å². The zero-order valence-corrected chi connectivity index (χ0v) is 13.5. The van der Waals surface area contributed by atoms with Gasteiger partial charge in [0.2, 0.25) is 5.82 Å². The molecule has 0 aliphatic carbocycles. The first kappa shape index (κ1) is 15.7. The van der Waals surface area contributed by atoms with E-state index in [-0.39, 0.29) is 11.3 Å². The molecule has 1 heterocycles. The van der Waals surface area contributed by atoms with Gasteiger partial charge < -0.3 is 4.74 Å². The van der Waals surface area contributed by atoms with Crippen LogP contribution in [0, 0.1) is 11.6 Å². The lowest BCUT2D eigenvalue weighted by molar-refractivity contribution is 0.295. The molecule has 1 nitrogen and oxygen atoms in total. The Kier molecular flexibility index (Phi) is 4.72. The molecule has 0 aliphatic heterocycles. The van der Waals surface area contributed by atoms with Crippen LogP contribution in [0.25, 0.3) is 21.6 Å². The minimum Gasteiger partial charge on any atom is -0.490 e. The maximum Gasteiger partial charge on any atom is 0.201 e. The molecular weight excluding hydrogens is 314 g/mol. The molecule has 0 N–H and O–H groups in total. The molecule has 0 radical (unpaired) electrons. The number of rotatable bonds is 5. The summed E-state index contributed by atoms with van der Waals surface area (Å²) in [5.74, 6) is -1.84. The van der Waals surface area contributed by atoms with E-state index in [0.717, 1.165) is 16.9 Å². The second-order valence-corrected chi connectivity index (χ2v) is 6.09. The Hall–Kier alpha value is -2.20. The Bertz CT molecular complexity index is 780. The summed E-state index contributed by atoms with van der Waals surface area (Å²) in [6.07, 6.45) is 0.743. The van der Waals surface area contributed by atoms with Gasteiger partial charge in [-0.15, -0.1) is 11.3 Å². The zero-order valence-electron chi connectivity index (χ0n) is 12.7. The first-order chi connectivity index (χ1) is 11.2. The van der Waals surface area contributed by atoms with Crippen LogP contribution < -0.4 is 4.74 Å². The normalized spacial score (nSPS) is 10.7. The third-order valence-electron chi connectivity index (χ3n) is 3.51. The van der Waals surface area contributed by atoms with E-state index < -0.39 is 11.6 Å². The van der Waals surface area contributed by atoms with Crippen LogP contribution in [0.2, 0.25) is 0 Å². The molecule has 3 rings (SSSR count). The van der Waals surface area contributed by atoms with Crippen molar-refractivity contribution in [2.75, 3.05) is 6.61 Å². The lowest BCUT2D eigenvalue weighted by atomic mass is 10.0. The predicted octanol–water partition coefficient (Wildman–Crippen LogP) is 6.15. The molecule has 3 aromatic rings. The SMILES string of the molecule is CCCOc1ccc(-c2ccc(-c3cccs3)cc2)c(F)c1F. The highest BCUT2D eigenvalue weighted by atomic mass is 32.1. The van der Waals surface area contributed by atoms with Crippen molar-refractivity contribution in [3.8, 4) is 27.3 Å². The molecule has 4 heteroatoms. The van der Waals surface area contributed by atoms with Gasteiger partial charge in [-0.05, 0) is 41.1 Å². The third kappa shape index (κ3) is 3.27. The van der Waals surface area contributed by atoms with Gasteiger partial charge in [0.05, 0.1) is 6.61 Å². The Morgan fingerprint density at radius 2 is 1.65 bits per heavy atom. The first-order valence-electron chi connectivity index (χ1n) is 7.46. The van der Waals surface area contributed by atoms with Crippen LogP contribution in [-0.2, 0) is 0 Å². The number of hydrogen-bond acceptors (Lipinski definition) is 2. The number of hydrogen-bond donors (Lipinski definition) is 0. The van der Waals surface area contributed by atoms with Gasteiger partial charge in [-0.2, -0.15) is 4.39 Å². The van der Waals surface area contributed by atoms with Crippen molar-refractivity contribution < 1.29 is 13.5 Å². The highest BCUT2D eigenvalue weighted by molar-refractivity contribution is 7.13. The highest BCUT2D eigenvalue weighted by Gasteiger charge is 2.15. The van der Waals surface area contributed by atoms with Gasteiger partial charge in [0.25, 0.3) is 0 Å². The average molecular weight is 330 g/mol. The van der Waals surface area contributed by atoms with E-state index in [1.165, 1.54) is 6.07 Å². The Labute approximate surface area is 138 Å². The average Bonchev–Trinajstić information content (AvgIpc) is 3.11. The van der Waals surface area contributed by atoms with Crippen molar-refractivity contribution in [3.05, 3.63) is 65.5 Å². The number of thiophene rings is 1. The standard InChI is InChI=1S/C19H16F2OS/c1-2-11-22-16-10-9-15(18(20)19(16)21)13-5-7-14(8-6-13)17-4-3-12-23-17/h3-10,12H,2,11H2,1H3. The molecule has 0 aliphatic rings. The van der Waals surface area contributed by atoms with Gasteiger partial charge in [0, 0.05) is 10.4 Å². The third-order valence-corrected chi connectivity index (χ3v) is 4.43. The topological polar surface area (TPSA) is 9.23 Å². The predicted molar refractivity (Wildman–Crippen MR) is 90.9 cm³/mol. The number of ether oxygens (including phenoxy) is 1. The molecule has 1 aromatic heterocycles. The molecule has 0 spiro atoms. The molecule has 0 saturated carbocycles. The summed E-state index contributed by atoms with van der Waals surface area (Å²) in [5.41, 5.74) is 1.94. The lowest BCUT2D eigenvalue weighted by Gasteiger charge is -2.10. The summed E-state index contributed by atoms with van der Waals surface area (Å²) in [7, 11) is 0. The fourth-order valence-corrected chi connectivity index (χ4v) is 3.07. The molecular formula is C19H16F2OS. The zero-order chi connectivity index (χ0) is 16.2. The molecule has 23 heavy (non-hydrogen) atoms. The van der Waals surface area contributed by atoms with Crippen LogP contribution in [0.3, 0.4) is 0 Å². The van der Waals surface area contributed by atoms with Crippen molar-refractivity contribution >= 4 is 11.3 Å². The maximum atomic E-state index is 14.3. The van der Waals surface area contributed by atoms with Crippen LogP contribution in [0.5, 0.6) is 5.75 Å². The smallest absolute Gasteiger partial charge is 0.201 e. The maximum absolute atomic E-state index is 14.3. The van der Waals surface area contributed by atoms with Gasteiger partial charge in [-0.25, -0.2) is 4.39 Å². The fourth-order valence-electron chi connectivity index (χ4n) is 2.34. The van der Waals surface area contributed by atoms with E-state index in [1.807, 2.05) is 36.6 Å². The second-order valence-electron chi connectivity index (χ2n) is 5.14. The molecule has 0 atom stereocenters. The molecule has 118 valence electrons. The first-order valence-corrected chi connectivity index (χ1v) is 8.33. The highest BCUT2D eigenvalue weighted by Crippen LogP contribution is 2.32. The second kappa shape index (κ2) is 6.92. The monoisotopic (exact) mass is 330 g/mol. The Morgan fingerprint density at radius 3 is 2.30 bits per heavy atom. The summed E-state index contributed by atoms with van der Waals surface area (Å²) in [4.78, 5) is 1.14. The van der Waals surface area contributed by atoms with E-state index in [4.69, 9.17) is 4.74 Å². The minimum atomic E-state index is -0.932. The van der Waals surface area contributed by atoms with E-state index in [1.54, 1.807) is 29.5 Å². The molecule has 0 amide bonds. The quantitative estimate of drug-likeness (QED) is 0.545. The van der Waals surface area contributed by atoms with Crippen LogP contribution in [0.15, 0.2) is 53.9 Å². The summed E-state index contributed by atoms with van der Waals surface area (Å²) < 4.78 is 33.6. The lowest BCUT2D eigenvalue weighted by Crippen LogP contribution is -2.00. The Morgan fingerprint density at radius 1 is 0.913 bits per heavy atom. The molecule has 0 fully saturated rings. The molecule has 2 aromatic carbocycles. The van der Waals surface area contributed by atoms with Crippen LogP contribution in [0.1, 0.15) is 13.3 Å². The number of halogens is 2. The molecule has 0 unspecified atom stereocenters. The summed E-state index contributed by atoms with van der Waals surface area (Å²) in [6, 6.07) is 14.5. The van der Waals surface area contributed by atoms with Crippen molar-refractivity contribution in [2.45, 2.75) is 13.3 Å². The molecule has 0 saturated heterocycles. The van der Waals surface area contributed by atoms with Gasteiger partial charge in [0.15, 0.2) is 11.6 Å². The summed E-state index contributed by atoms with van der Waals surface area (Å²) in [6.45, 7) is 2.28. The van der Waals surface area contributed by atoms with Crippen molar-refractivity contribution in [1.82, 2.24) is 0 Å². The molecule has 0 bridgehead atoms.